The Labute approximate surface area is 285 Å². The van der Waals surface area contributed by atoms with Crippen molar-refractivity contribution < 1.29 is 0 Å². The molecule has 0 aliphatic carbocycles. The Hall–Kier alpha value is -0.320. The third-order valence-corrected chi connectivity index (χ3v) is 10.4. The molecule has 0 aliphatic rings. The molecule has 5 heteroatoms. The fourth-order valence-corrected chi connectivity index (χ4v) is 4.16. The second-order valence-corrected chi connectivity index (χ2v) is 15.9. The Bertz CT molecular complexity index is 926. The van der Waals surface area contributed by atoms with Crippen molar-refractivity contribution in [1.82, 2.24) is 19.9 Å². The van der Waals surface area contributed by atoms with Crippen LogP contribution in [0.15, 0.2) is 0 Å². The molecule has 4 nitrogen and oxygen atoms in total. The summed E-state index contributed by atoms with van der Waals surface area (Å²) < 4.78 is 0. The van der Waals surface area contributed by atoms with E-state index in [0.717, 1.165) is 50.2 Å². The second kappa shape index (κ2) is 14.6. The molecule has 0 N–H and O–H groups in total. The van der Waals surface area contributed by atoms with Crippen molar-refractivity contribution in [2.45, 2.75) is 196 Å². The van der Waals surface area contributed by atoms with Gasteiger partial charge in [0.1, 0.15) is 0 Å². The smallest absolute Gasteiger partial charge is 0.442 e. The van der Waals surface area contributed by atoms with Crippen LogP contribution in [0.2, 0.25) is 0 Å². The van der Waals surface area contributed by atoms with Crippen LogP contribution >= 0.6 is 0 Å². The van der Waals surface area contributed by atoms with Gasteiger partial charge in [-0.1, -0.05) is 159 Å². The zero-order valence-electron chi connectivity index (χ0n) is 30.7. The first-order valence-corrected chi connectivity index (χ1v) is 16.2. The van der Waals surface area contributed by atoms with Gasteiger partial charge in [-0.15, -0.1) is 0 Å². The van der Waals surface area contributed by atoms with Crippen molar-refractivity contribution in [3.05, 3.63) is 34.4 Å². The van der Waals surface area contributed by atoms with Crippen molar-refractivity contribution in [3.8, 4) is 0 Å². The molecule has 0 radical (unpaired) electrons. The van der Waals surface area contributed by atoms with Crippen LogP contribution in [0, 0.1) is 0 Å². The van der Waals surface area contributed by atoms with E-state index in [1.807, 2.05) is 0 Å². The topological polar surface area (TPSA) is 54.0 Å². The summed E-state index contributed by atoms with van der Waals surface area (Å²) in [6.45, 7) is 40.6. The maximum absolute atomic E-state index is 5.00. The monoisotopic (exact) mass is 594 g/mol. The number of hydrogen-bond acceptors (Lipinski definition) is 2. The minimum absolute atomic E-state index is 0. The van der Waals surface area contributed by atoms with E-state index in [0.29, 0.717) is 0 Å². The summed E-state index contributed by atoms with van der Waals surface area (Å²) in [5.74, 6) is 2.04. The van der Waals surface area contributed by atoms with Crippen LogP contribution < -0.4 is 9.97 Å². The van der Waals surface area contributed by atoms with Gasteiger partial charge in [0.25, 0.3) is 0 Å². The van der Waals surface area contributed by atoms with E-state index in [4.69, 9.17) is 19.9 Å². The van der Waals surface area contributed by atoms with Gasteiger partial charge in [0.15, 0.2) is 0 Å². The van der Waals surface area contributed by atoms with Gasteiger partial charge in [-0.3, -0.25) is 0 Å². The van der Waals surface area contributed by atoms with Gasteiger partial charge < -0.3 is 19.9 Å². The van der Waals surface area contributed by atoms with Gasteiger partial charge in [-0.05, 0) is 71.0 Å². The van der Waals surface area contributed by atoms with Crippen LogP contribution in [-0.2, 0) is 32.5 Å². The number of imidazole rings is 2. The molecule has 0 fully saturated rings. The summed E-state index contributed by atoms with van der Waals surface area (Å²) in [6.07, 6.45) is 6.48. The zero-order valence-corrected chi connectivity index (χ0v) is 32.9. The Kier molecular flexibility index (Phi) is 14.5. The standard InChI is InChI=1S/2C18H33N2.Ca/c2*1-10-16(4,5)13-14(17(6,7)11-2)20-15(19-13)18(8,9)12-3;/h2*10-12H2,1-9H3;/q2*-1;+2. The van der Waals surface area contributed by atoms with E-state index in [1.165, 1.54) is 22.8 Å². The molecule has 0 aliphatic heterocycles. The van der Waals surface area contributed by atoms with Crippen molar-refractivity contribution in [1.29, 1.82) is 0 Å². The minimum atomic E-state index is 0. The van der Waals surface area contributed by atoms with Crippen molar-refractivity contribution >= 4 is 37.7 Å². The van der Waals surface area contributed by atoms with E-state index in [-0.39, 0.29) is 70.2 Å². The quantitative estimate of drug-likeness (QED) is 0.230. The van der Waals surface area contributed by atoms with Crippen LogP contribution in [-0.4, -0.2) is 47.7 Å². The molecule has 0 atom stereocenters. The molecule has 2 aromatic rings. The van der Waals surface area contributed by atoms with Gasteiger partial charge in [0.05, 0.1) is 0 Å². The number of aromatic nitrogens is 4. The summed E-state index contributed by atoms with van der Waals surface area (Å²) in [5, 5.41) is 0. The molecular weight excluding hydrogens is 529 g/mol. The van der Waals surface area contributed by atoms with Gasteiger partial charge in [-0.2, -0.15) is 0 Å². The van der Waals surface area contributed by atoms with E-state index in [1.54, 1.807) is 0 Å². The zero-order chi connectivity index (χ0) is 31.5. The first kappa shape index (κ1) is 40.7. The van der Waals surface area contributed by atoms with Crippen molar-refractivity contribution in [2.24, 2.45) is 0 Å². The first-order valence-electron chi connectivity index (χ1n) is 16.2. The van der Waals surface area contributed by atoms with Gasteiger partial charge in [0, 0.05) is 0 Å². The molecule has 0 unspecified atom stereocenters. The Balaban J connectivity index is 0.000000762. The van der Waals surface area contributed by atoms with Crippen LogP contribution in [0.3, 0.4) is 0 Å². The summed E-state index contributed by atoms with van der Waals surface area (Å²) in [6, 6.07) is 0. The minimum Gasteiger partial charge on any atom is -0.442 e. The average Bonchev–Trinajstić information content (AvgIpc) is 3.57. The van der Waals surface area contributed by atoms with Gasteiger partial charge in [-0.25, -0.2) is 0 Å². The fourth-order valence-electron chi connectivity index (χ4n) is 4.16. The molecule has 2 rings (SSSR count). The molecule has 2 aromatic heterocycles. The molecule has 2 heterocycles. The van der Waals surface area contributed by atoms with Crippen LogP contribution in [0.25, 0.3) is 0 Å². The third-order valence-electron chi connectivity index (χ3n) is 10.4. The number of nitrogens with zero attached hydrogens (tertiary/aromatic N) is 4. The molecule has 0 amide bonds. The van der Waals surface area contributed by atoms with Crippen LogP contribution in [0.1, 0.15) is 198 Å². The average molecular weight is 595 g/mol. The first-order chi connectivity index (χ1) is 18.0. The van der Waals surface area contributed by atoms with Crippen LogP contribution in [0.5, 0.6) is 0 Å². The van der Waals surface area contributed by atoms with Gasteiger partial charge >= 0.3 is 37.7 Å². The third kappa shape index (κ3) is 9.34. The molecule has 0 saturated carbocycles. The van der Waals surface area contributed by atoms with E-state index >= 15 is 0 Å². The predicted molar refractivity (Wildman–Crippen MR) is 181 cm³/mol. The summed E-state index contributed by atoms with van der Waals surface area (Å²) >= 11 is 0. The molecule has 0 bridgehead atoms. The summed E-state index contributed by atoms with van der Waals surface area (Å²) in [5.41, 5.74) is 5.33. The maximum atomic E-state index is 5.00. The van der Waals surface area contributed by atoms with E-state index in [9.17, 15) is 0 Å². The maximum Gasteiger partial charge on any atom is 2.00 e. The molecular formula is C36H66CaN4. The van der Waals surface area contributed by atoms with Crippen molar-refractivity contribution in [2.75, 3.05) is 0 Å². The second-order valence-electron chi connectivity index (χ2n) is 15.9. The largest absolute Gasteiger partial charge is 2.00 e. The van der Waals surface area contributed by atoms with E-state index < -0.39 is 0 Å². The fraction of sp³-hybridized carbons (Fsp3) is 0.833. The summed E-state index contributed by atoms with van der Waals surface area (Å²) in [7, 11) is 0. The number of rotatable bonds is 12. The molecule has 0 spiro atoms. The Morgan fingerprint density at radius 1 is 0.390 bits per heavy atom. The normalized spacial score (nSPS) is 13.5. The molecule has 0 aromatic carbocycles. The summed E-state index contributed by atoms with van der Waals surface area (Å²) in [4.78, 5) is 20.0. The van der Waals surface area contributed by atoms with Gasteiger partial charge in [0.2, 0.25) is 0 Å². The Morgan fingerprint density at radius 2 is 0.610 bits per heavy atom. The molecule has 41 heavy (non-hydrogen) atoms. The Morgan fingerprint density at radius 3 is 0.805 bits per heavy atom. The van der Waals surface area contributed by atoms with Crippen molar-refractivity contribution in [3.63, 3.8) is 0 Å². The van der Waals surface area contributed by atoms with Crippen LogP contribution in [0.4, 0.5) is 0 Å². The molecule has 0 saturated heterocycles. The number of hydrogen-bond donors (Lipinski definition) is 0. The molecule has 232 valence electrons. The predicted octanol–water partition coefficient (Wildman–Crippen LogP) is 9.82. The van der Waals surface area contributed by atoms with E-state index in [2.05, 4.69) is 125 Å². The SMILES string of the molecule is CCC(C)(C)c1nc(C(C)(C)CC)c(C(C)(C)CC)[n-]1.CCC(C)(C)c1nc(C(C)(C)CC)c(C(C)(C)CC)[n-]1.[Ca+2].